The summed E-state index contributed by atoms with van der Waals surface area (Å²) in [7, 11) is 0. The van der Waals surface area contributed by atoms with Gasteiger partial charge in [0.2, 0.25) is 0 Å². The van der Waals surface area contributed by atoms with Crippen LogP contribution in [0.15, 0.2) is 218 Å². The van der Waals surface area contributed by atoms with Gasteiger partial charge in [-0.2, -0.15) is 0 Å². The second-order valence-electron chi connectivity index (χ2n) is 14.6. The van der Waals surface area contributed by atoms with Crippen LogP contribution >= 0.6 is 0 Å². The summed E-state index contributed by atoms with van der Waals surface area (Å²) < 4.78 is 4.82. The number of hydrogen-bond donors (Lipinski definition) is 0. The van der Waals surface area contributed by atoms with Crippen molar-refractivity contribution in [1.82, 2.24) is 9.13 Å². The van der Waals surface area contributed by atoms with Crippen LogP contribution in [-0.4, -0.2) is 9.13 Å². The van der Waals surface area contributed by atoms with Crippen molar-refractivity contribution in [3.05, 3.63) is 218 Å². The zero-order valence-corrected chi connectivity index (χ0v) is 30.7. The minimum absolute atomic E-state index is 1.16. The van der Waals surface area contributed by atoms with Crippen LogP contribution in [0, 0.1) is 0 Å². The van der Waals surface area contributed by atoms with Crippen LogP contribution < -0.4 is 0 Å². The van der Waals surface area contributed by atoms with Gasteiger partial charge in [0.25, 0.3) is 0 Å². The first-order chi connectivity index (χ1) is 27.8. The highest BCUT2D eigenvalue weighted by molar-refractivity contribution is 6.11. The van der Waals surface area contributed by atoms with Crippen LogP contribution in [0.4, 0.5) is 0 Å². The van der Waals surface area contributed by atoms with Gasteiger partial charge in [0, 0.05) is 32.9 Å². The summed E-state index contributed by atoms with van der Waals surface area (Å²) >= 11 is 0. The highest BCUT2D eigenvalue weighted by Crippen LogP contribution is 2.38. The molecule has 0 saturated carbocycles. The molecule has 0 N–H and O–H groups in total. The highest BCUT2D eigenvalue weighted by Gasteiger charge is 2.16. The largest absolute Gasteiger partial charge is 0.309 e. The predicted molar refractivity (Wildman–Crippen MR) is 237 cm³/mol. The van der Waals surface area contributed by atoms with E-state index >= 15 is 0 Å². The van der Waals surface area contributed by atoms with Gasteiger partial charge in [0.15, 0.2) is 0 Å². The van der Waals surface area contributed by atoms with Gasteiger partial charge < -0.3 is 9.13 Å². The van der Waals surface area contributed by atoms with Gasteiger partial charge in [-0.1, -0.05) is 164 Å². The molecule has 0 unspecified atom stereocenters. The van der Waals surface area contributed by atoms with Gasteiger partial charge in [0.1, 0.15) is 0 Å². The Morgan fingerprint density at radius 3 is 1.16 bits per heavy atom. The molecule has 0 aliphatic rings. The Kier molecular flexibility index (Phi) is 7.53. The first kappa shape index (κ1) is 32.0. The number of aromatic nitrogens is 2. The monoisotopic (exact) mass is 712 g/mol. The summed E-state index contributed by atoms with van der Waals surface area (Å²) in [5.41, 5.74) is 16.8. The Bertz CT molecular complexity index is 3220. The lowest BCUT2D eigenvalue weighted by Gasteiger charge is -2.12. The maximum absolute atomic E-state index is 2.42. The molecule has 2 heteroatoms. The SMILES string of the molecule is c1ccc(-c2cccc(-n3c4ccccc4c4cc(-c5ccc(-c6ccc7c8ccccc8n(-c8cccc(-c9ccccc9)c8)c7c6)cc5)ccc43)c2)cc1. The molecule has 0 bridgehead atoms. The van der Waals surface area contributed by atoms with Crippen LogP contribution in [0.5, 0.6) is 0 Å². The van der Waals surface area contributed by atoms with E-state index in [1.54, 1.807) is 0 Å². The average molecular weight is 713 g/mol. The van der Waals surface area contributed by atoms with Crippen molar-refractivity contribution in [2.75, 3.05) is 0 Å². The Morgan fingerprint density at radius 2 is 0.571 bits per heavy atom. The van der Waals surface area contributed by atoms with E-state index in [0.717, 1.165) is 11.4 Å². The number of nitrogens with zero attached hydrogens (tertiary/aromatic N) is 2. The van der Waals surface area contributed by atoms with Gasteiger partial charge >= 0.3 is 0 Å². The van der Waals surface area contributed by atoms with Crippen molar-refractivity contribution in [3.63, 3.8) is 0 Å². The first-order valence-electron chi connectivity index (χ1n) is 19.3. The van der Waals surface area contributed by atoms with Gasteiger partial charge in [-0.05, 0) is 99.1 Å². The summed E-state index contributed by atoms with van der Waals surface area (Å²) in [6.07, 6.45) is 0. The first-order valence-corrected chi connectivity index (χ1v) is 19.3. The van der Waals surface area contributed by atoms with E-state index in [9.17, 15) is 0 Å². The lowest BCUT2D eigenvalue weighted by atomic mass is 9.98. The van der Waals surface area contributed by atoms with Crippen molar-refractivity contribution < 1.29 is 0 Å². The van der Waals surface area contributed by atoms with Crippen molar-refractivity contribution in [1.29, 1.82) is 0 Å². The molecule has 262 valence electrons. The molecule has 0 aliphatic carbocycles. The molecule has 0 aliphatic heterocycles. The number of rotatable bonds is 6. The van der Waals surface area contributed by atoms with E-state index < -0.39 is 0 Å². The molecule has 9 aromatic carbocycles. The third-order valence-electron chi connectivity index (χ3n) is 11.3. The molecule has 0 saturated heterocycles. The number of fused-ring (bicyclic) bond motifs is 6. The third-order valence-corrected chi connectivity index (χ3v) is 11.3. The van der Waals surface area contributed by atoms with Crippen molar-refractivity contribution in [2.24, 2.45) is 0 Å². The van der Waals surface area contributed by atoms with E-state index in [1.807, 2.05) is 0 Å². The summed E-state index contributed by atoms with van der Waals surface area (Å²) in [5.74, 6) is 0. The molecular weight excluding hydrogens is 677 g/mol. The Morgan fingerprint density at radius 1 is 0.196 bits per heavy atom. The zero-order valence-electron chi connectivity index (χ0n) is 30.7. The summed E-state index contributed by atoms with van der Waals surface area (Å²) in [5, 5.41) is 5.02. The smallest absolute Gasteiger partial charge is 0.0547 e. The fraction of sp³-hybridized carbons (Fsp3) is 0. The van der Waals surface area contributed by atoms with Gasteiger partial charge in [-0.15, -0.1) is 0 Å². The van der Waals surface area contributed by atoms with E-state index in [2.05, 4.69) is 228 Å². The Hall–Kier alpha value is -7.42. The second kappa shape index (κ2) is 13.2. The fourth-order valence-electron chi connectivity index (χ4n) is 8.62. The Balaban J connectivity index is 0.977. The lowest BCUT2D eigenvalue weighted by molar-refractivity contribution is 1.18. The van der Waals surface area contributed by atoms with E-state index in [0.29, 0.717) is 0 Å². The molecule has 11 aromatic rings. The predicted octanol–water partition coefficient (Wildman–Crippen LogP) is 14.5. The van der Waals surface area contributed by atoms with Crippen LogP contribution in [0.1, 0.15) is 0 Å². The molecule has 2 heterocycles. The number of para-hydroxylation sites is 2. The highest BCUT2D eigenvalue weighted by atomic mass is 15.0. The number of benzene rings is 9. The summed E-state index contributed by atoms with van der Waals surface area (Å²) in [6, 6.07) is 79.4. The molecule has 56 heavy (non-hydrogen) atoms. The Labute approximate surface area is 325 Å². The van der Waals surface area contributed by atoms with Gasteiger partial charge in [-0.3, -0.25) is 0 Å². The standard InChI is InChI=1S/C54H36N2/c1-3-13-37(14-4-1)41-17-11-19-45(33-41)55-52-24-10-8-22-48(52)50-35-43(30-32-53(50)55)39-25-27-40(28-26-39)44-29-31-49-47-21-7-9-23-51(47)56(54(49)36-44)46-20-12-18-42(34-46)38-15-5-2-6-16-38/h1-36H. The van der Waals surface area contributed by atoms with Crippen LogP contribution in [-0.2, 0) is 0 Å². The van der Waals surface area contributed by atoms with Crippen molar-refractivity contribution in [3.8, 4) is 55.9 Å². The van der Waals surface area contributed by atoms with Crippen LogP contribution in [0.2, 0.25) is 0 Å². The van der Waals surface area contributed by atoms with Gasteiger partial charge in [-0.25, -0.2) is 0 Å². The van der Waals surface area contributed by atoms with E-state index in [4.69, 9.17) is 0 Å². The topological polar surface area (TPSA) is 9.86 Å². The molecule has 0 fully saturated rings. The average Bonchev–Trinajstić information content (AvgIpc) is 3.79. The van der Waals surface area contributed by atoms with Crippen molar-refractivity contribution in [2.45, 2.75) is 0 Å². The van der Waals surface area contributed by atoms with Crippen LogP contribution in [0.3, 0.4) is 0 Å². The molecule has 11 rings (SSSR count). The molecule has 0 atom stereocenters. The summed E-state index contributed by atoms with van der Waals surface area (Å²) in [6.45, 7) is 0. The summed E-state index contributed by atoms with van der Waals surface area (Å²) in [4.78, 5) is 0. The van der Waals surface area contributed by atoms with Crippen LogP contribution in [0.25, 0.3) is 99.5 Å². The maximum atomic E-state index is 2.42. The third kappa shape index (κ3) is 5.34. The van der Waals surface area contributed by atoms with Crippen molar-refractivity contribution >= 4 is 43.6 Å². The lowest BCUT2D eigenvalue weighted by Crippen LogP contribution is -1.94. The molecule has 2 nitrogen and oxygen atoms in total. The van der Waals surface area contributed by atoms with E-state index in [1.165, 1.54) is 88.1 Å². The molecule has 0 amide bonds. The number of hydrogen-bond acceptors (Lipinski definition) is 0. The fourth-order valence-corrected chi connectivity index (χ4v) is 8.62. The molecule has 2 aromatic heterocycles. The molecule has 0 radical (unpaired) electrons. The normalized spacial score (nSPS) is 11.6. The quantitative estimate of drug-likeness (QED) is 0.162. The molecular formula is C54H36N2. The zero-order chi connectivity index (χ0) is 37.0. The maximum Gasteiger partial charge on any atom is 0.0547 e. The minimum atomic E-state index is 1.16. The van der Waals surface area contributed by atoms with Gasteiger partial charge in [0.05, 0.1) is 22.1 Å². The van der Waals surface area contributed by atoms with E-state index in [-0.39, 0.29) is 0 Å². The molecule has 0 spiro atoms. The minimum Gasteiger partial charge on any atom is -0.309 e. The second-order valence-corrected chi connectivity index (χ2v) is 14.6.